The van der Waals surface area contributed by atoms with E-state index in [9.17, 15) is 0 Å². The van der Waals surface area contributed by atoms with Crippen LogP contribution in [-0.4, -0.2) is 15.7 Å². The Balaban J connectivity index is 1.81. The zero-order chi connectivity index (χ0) is 17.8. The van der Waals surface area contributed by atoms with Crippen LogP contribution in [0.1, 0.15) is 28.7 Å². The third kappa shape index (κ3) is 3.52. The summed E-state index contributed by atoms with van der Waals surface area (Å²) in [5.41, 5.74) is 7.60. The molecule has 1 aliphatic heterocycles. The third-order valence-corrected chi connectivity index (χ3v) is 4.40. The number of benzene rings is 1. The summed E-state index contributed by atoms with van der Waals surface area (Å²) in [4.78, 5) is 13.5. The van der Waals surface area contributed by atoms with Gasteiger partial charge in [-0.05, 0) is 47.9 Å². The number of aryl methyl sites for hydroxylation is 1. The maximum Gasteiger partial charge on any atom is 0.0727 e. The maximum atomic E-state index is 4.99. The summed E-state index contributed by atoms with van der Waals surface area (Å²) in [5, 5.41) is 0. The van der Waals surface area contributed by atoms with E-state index in [4.69, 9.17) is 4.99 Å². The van der Waals surface area contributed by atoms with E-state index < -0.39 is 0 Å². The molecule has 2 aromatic heterocycles. The number of aliphatic imine (C=N–C) groups is 1. The van der Waals surface area contributed by atoms with Crippen LogP contribution in [-0.2, 0) is 0 Å². The average Bonchev–Trinajstić information content (AvgIpc) is 2.93. The average molecular weight is 337 g/mol. The molecule has 0 atom stereocenters. The Labute approximate surface area is 153 Å². The van der Waals surface area contributed by atoms with E-state index in [1.807, 2.05) is 30.6 Å². The minimum Gasteiger partial charge on any atom is -0.264 e. The van der Waals surface area contributed by atoms with E-state index in [0.717, 1.165) is 40.1 Å². The molecule has 0 aliphatic carbocycles. The lowest BCUT2D eigenvalue weighted by Crippen LogP contribution is -1.99. The quantitative estimate of drug-likeness (QED) is 0.666. The van der Waals surface area contributed by atoms with E-state index in [2.05, 4.69) is 59.4 Å². The summed E-state index contributed by atoms with van der Waals surface area (Å²) >= 11 is 0. The number of nitrogens with zero attached hydrogens (tertiary/aromatic N) is 3. The zero-order valence-corrected chi connectivity index (χ0v) is 14.6. The predicted octanol–water partition coefficient (Wildman–Crippen LogP) is 5.10. The number of aromatic nitrogens is 2. The van der Waals surface area contributed by atoms with Gasteiger partial charge in [-0.3, -0.25) is 15.0 Å². The first-order chi connectivity index (χ1) is 12.8. The Morgan fingerprint density at radius 1 is 0.769 bits per heavy atom. The minimum absolute atomic E-state index is 0.771. The second-order valence-electron chi connectivity index (χ2n) is 6.30. The van der Waals surface area contributed by atoms with Crippen molar-refractivity contribution in [3.63, 3.8) is 0 Å². The van der Waals surface area contributed by atoms with Gasteiger partial charge in [0.15, 0.2) is 0 Å². The molecule has 0 spiro atoms. The first-order valence-corrected chi connectivity index (χ1v) is 8.67. The van der Waals surface area contributed by atoms with Crippen molar-refractivity contribution in [2.75, 3.05) is 0 Å². The van der Waals surface area contributed by atoms with Gasteiger partial charge >= 0.3 is 0 Å². The molecule has 0 fully saturated rings. The summed E-state index contributed by atoms with van der Waals surface area (Å²) in [6, 6.07) is 16.5. The fourth-order valence-electron chi connectivity index (χ4n) is 2.96. The Morgan fingerprint density at radius 2 is 1.46 bits per heavy atom. The van der Waals surface area contributed by atoms with Gasteiger partial charge in [-0.2, -0.15) is 0 Å². The molecule has 0 saturated heterocycles. The van der Waals surface area contributed by atoms with Crippen LogP contribution in [0.25, 0.3) is 11.3 Å². The fourth-order valence-corrected chi connectivity index (χ4v) is 2.96. The van der Waals surface area contributed by atoms with Gasteiger partial charge < -0.3 is 0 Å². The SMILES string of the molecule is Cc1ccc(C2=NC(c3cccnc3)=CC(c3cccnc3)=CC2)cc1. The van der Waals surface area contributed by atoms with Crippen molar-refractivity contribution in [3.05, 3.63) is 108 Å². The predicted molar refractivity (Wildman–Crippen MR) is 107 cm³/mol. The van der Waals surface area contributed by atoms with Crippen LogP contribution in [0.4, 0.5) is 0 Å². The fraction of sp³-hybridized carbons (Fsp3) is 0.0870. The van der Waals surface area contributed by atoms with Crippen molar-refractivity contribution in [3.8, 4) is 0 Å². The monoisotopic (exact) mass is 337 g/mol. The van der Waals surface area contributed by atoms with Crippen LogP contribution in [0.15, 0.2) is 90.5 Å². The Kier molecular flexibility index (Phi) is 4.52. The summed E-state index contributed by atoms with van der Waals surface area (Å²) in [7, 11) is 0. The standard InChI is InChI=1S/C23H19N3/c1-17-6-8-18(9-7-17)22-11-10-19(20-4-2-12-24-15-20)14-23(26-22)21-5-3-13-25-16-21/h2-10,12-16H,11H2,1H3. The van der Waals surface area contributed by atoms with Crippen molar-refractivity contribution < 1.29 is 0 Å². The van der Waals surface area contributed by atoms with Crippen molar-refractivity contribution in [1.29, 1.82) is 0 Å². The van der Waals surface area contributed by atoms with Gasteiger partial charge in [0.05, 0.1) is 11.4 Å². The molecule has 0 N–H and O–H groups in total. The summed E-state index contributed by atoms with van der Waals surface area (Å²) in [5.74, 6) is 0. The van der Waals surface area contributed by atoms with Crippen molar-refractivity contribution in [2.45, 2.75) is 13.3 Å². The molecule has 3 nitrogen and oxygen atoms in total. The van der Waals surface area contributed by atoms with Gasteiger partial charge in [0, 0.05) is 36.8 Å². The van der Waals surface area contributed by atoms with Crippen LogP contribution in [0.2, 0.25) is 0 Å². The smallest absolute Gasteiger partial charge is 0.0727 e. The highest BCUT2D eigenvalue weighted by atomic mass is 14.8. The number of allylic oxidation sites excluding steroid dienone is 3. The van der Waals surface area contributed by atoms with E-state index in [1.54, 1.807) is 12.4 Å². The van der Waals surface area contributed by atoms with Crippen molar-refractivity contribution >= 4 is 17.0 Å². The Hall–Kier alpha value is -3.33. The topological polar surface area (TPSA) is 38.1 Å². The second-order valence-corrected chi connectivity index (χ2v) is 6.30. The first-order valence-electron chi connectivity index (χ1n) is 8.67. The van der Waals surface area contributed by atoms with E-state index in [0.29, 0.717) is 0 Å². The second kappa shape index (κ2) is 7.28. The molecule has 0 bridgehead atoms. The molecule has 0 saturated carbocycles. The Bertz CT molecular complexity index is 983. The highest BCUT2D eigenvalue weighted by Crippen LogP contribution is 2.27. The van der Waals surface area contributed by atoms with Gasteiger partial charge in [-0.15, -0.1) is 0 Å². The van der Waals surface area contributed by atoms with Gasteiger partial charge in [-0.25, -0.2) is 0 Å². The summed E-state index contributed by atoms with van der Waals surface area (Å²) in [6.45, 7) is 2.10. The van der Waals surface area contributed by atoms with Crippen LogP contribution in [0.3, 0.4) is 0 Å². The van der Waals surface area contributed by atoms with Crippen LogP contribution < -0.4 is 0 Å². The van der Waals surface area contributed by atoms with E-state index in [-0.39, 0.29) is 0 Å². The van der Waals surface area contributed by atoms with Gasteiger partial charge in [-0.1, -0.05) is 42.0 Å². The summed E-state index contributed by atoms with van der Waals surface area (Å²) < 4.78 is 0. The molecular weight excluding hydrogens is 318 g/mol. The molecule has 4 rings (SSSR count). The van der Waals surface area contributed by atoms with Gasteiger partial charge in [0.1, 0.15) is 0 Å². The molecule has 0 amide bonds. The highest BCUT2D eigenvalue weighted by molar-refractivity contribution is 6.06. The number of pyridine rings is 2. The maximum absolute atomic E-state index is 4.99. The van der Waals surface area contributed by atoms with Gasteiger partial charge in [0.2, 0.25) is 0 Å². The lowest BCUT2D eigenvalue weighted by molar-refractivity contribution is 1.29. The molecule has 0 radical (unpaired) electrons. The molecule has 1 aliphatic rings. The van der Waals surface area contributed by atoms with Crippen LogP contribution >= 0.6 is 0 Å². The normalized spacial score (nSPS) is 14.1. The number of rotatable bonds is 3. The van der Waals surface area contributed by atoms with Crippen LogP contribution in [0, 0.1) is 6.92 Å². The number of hydrogen-bond acceptors (Lipinski definition) is 3. The minimum atomic E-state index is 0.771. The lowest BCUT2D eigenvalue weighted by Gasteiger charge is -2.06. The first kappa shape index (κ1) is 16.2. The van der Waals surface area contributed by atoms with Crippen molar-refractivity contribution in [2.24, 2.45) is 4.99 Å². The molecule has 1 aromatic carbocycles. The van der Waals surface area contributed by atoms with E-state index in [1.165, 1.54) is 5.56 Å². The molecule has 0 unspecified atom stereocenters. The molecular formula is C23H19N3. The zero-order valence-electron chi connectivity index (χ0n) is 14.6. The molecule has 3 aromatic rings. The molecule has 3 heterocycles. The van der Waals surface area contributed by atoms with E-state index >= 15 is 0 Å². The van der Waals surface area contributed by atoms with Crippen LogP contribution in [0.5, 0.6) is 0 Å². The highest BCUT2D eigenvalue weighted by Gasteiger charge is 2.12. The molecule has 3 heteroatoms. The third-order valence-electron chi connectivity index (χ3n) is 4.40. The van der Waals surface area contributed by atoms with Crippen molar-refractivity contribution in [1.82, 2.24) is 9.97 Å². The summed E-state index contributed by atoms with van der Waals surface area (Å²) in [6.07, 6.45) is 12.4. The molecule has 26 heavy (non-hydrogen) atoms. The lowest BCUT2D eigenvalue weighted by atomic mass is 10.0. The van der Waals surface area contributed by atoms with Gasteiger partial charge in [0.25, 0.3) is 0 Å². The number of hydrogen-bond donors (Lipinski definition) is 0. The Morgan fingerprint density at radius 3 is 2.12 bits per heavy atom. The largest absolute Gasteiger partial charge is 0.264 e. The molecule has 126 valence electrons.